The van der Waals surface area contributed by atoms with Crippen molar-refractivity contribution >= 4 is 28.1 Å². The Bertz CT molecular complexity index is 854. The van der Waals surface area contributed by atoms with Crippen LogP contribution in [-0.2, 0) is 4.79 Å². The molecule has 1 amide bonds. The van der Waals surface area contributed by atoms with Crippen LogP contribution in [0.15, 0.2) is 42.4 Å². The second-order valence-electron chi connectivity index (χ2n) is 6.49. The number of carbonyl (C=O) groups is 1. The van der Waals surface area contributed by atoms with Crippen LogP contribution in [0.5, 0.6) is 0 Å². The summed E-state index contributed by atoms with van der Waals surface area (Å²) in [5.74, 6) is 0.413. The molecule has 5 nitrogen and oxygen atoms in total. The summed E-state index contributed by atoms with van der Waals surface area (Å²) in [5.41, 5.74) is 3.28. The first-order chi connectivity index (χ1) is 12.1. The van der Waals surface area contributed by atoms with Crippen molar-refractivity contribution in [3.8, 4) is 0 Å². The average molecular weight is 336 g/mol. The minimum atomic E-state index is -0.131. The molecule has 2 aromatic heterocycles. The molecular formula is C20H24N4O. The van der Waals surface area contributed by atoms with Crippen LogP contribution >= 0.6 is 0 Å². The third kappa shape index (κ3) is 4.05. The number of aromatic nitrogens is 2. The van der Waals surface area contributed by atoms with E-state index in [0.717, 1.165) is 28.5 Å². The number of unbranched alkanes of at least 4 members (excludes halogenated alkanes) is 1. The molecule has 0 aromatic carbocycles. The zero-order valence-electron chi connectivity index (χ0n) is 15.0. The Balaban J connectivity index is 1.83. The summed E-state index contributed by atoms with van der Waals surface area (Å²) >= 11 is 0. The summed E-state index contributed by atoms with van der Waals surface area (Å²) in [6.45, 7) is 5.82. The van der Waals surface area contributed by atoms with E-state index < -0.39 is 0 Å². The van der Waals surface area contributed by atoms with E-state index in [2.05, 4.69) is 46.7 Å². The maximum absolute atomic E-state index is 11.2. The summed E-state index contributed by atoms with van der Waals surface area (Å²) in [5, 5.41) is 8.12. The smallest absolute Gasteiger partial charge is 0.222 e. The number of dihydropyridines is 1. The number of nitrogens with zero attached hydrogens (tertiary/aromatic N) is 2. The molecular weight excluding hydrogens is 312 g/mol. The van der Waals surface area contributed by atoms with Gasteiger partial charge in [0.1, 0.15) is 5.82 Å². The summed E-state index contributed by atoms with van der Waals surface area (Å²) in [6, 6.07) is 4.28. The van der Waals surface area contributed by atoms with Gasteiger partial charge < -0.3 is 10.6 Å². The molecule has 0 saturated carbocycles. The van der Waals surface area contributed by atoms with Gasteiger partial charge in [-0.1, -0.05) is 25.8 Å². The number of rotatable bonds is 5. The van der Waals surface area contributed by atoms with E-state index in [1.165, 1.54) is 25.3 Å². The molecule has 3 rings (SSSR count). The normalized spacial score (nSPS) is 16.8. The van der Waals surface area contributed by atoms with Crippen LogP contribution in [0.25, 0.3) is 16.3 Å². The topological polar surface area (TPSA) is 66.9 Å². The number of anilines is 1. The van der Waals surface area contributed by atoms with Gasteiger partial charge >= 0.3 is 0 Å². The van der Waals surface area contributed by atoms with E-state index in [-0.39, 0.29) is 5.91 Å². The van der Waals surface area contributed by atoms with Crippen molar-refractivity contribution in [3.05, 3.63) is 48.1 Å². The molecule has 1 aliphatic heterocycles. The Morgan fingerprint density at radius 1 is 1.24 bits per heavy atom. The maximum Gasteiger partial charge on any atom is 0.222 e. The standard InChI is InChI=1S/C20H24N4O/c1-4-5-6-17-7-13(2)18(12-21-17)19-8-15-11-23-20(24-14(3)25)9-16(15)10-22-19/h7-12,17,21H,4-6H2,1-3H3,(H,23,24,25). The van der Waals surface area contributed by atoms with E-state index in [0.29, 0.717) is 11.9 Å². The molecule has 0 aliphatic carbocycles. The highest BCUT2D eigenvalue weighted by Gasteiger charge is 2.15. The lowest BCUT2D eigenvalue weighted by Crippen LogP contribution is -2.25. The van der Waals surface area contributed by atoms with Crippen molar-refractivity contribution in [2.24, 2.45) is 0 Å². The fraction of sp³-hybridized carbons (Fsp3) is 0.350. The minimum absolute atomic E-state index is 0.131. The maximum atomic E-state index is 11.2. The first-order valence-electron chi connectivity index (χ1n) is 8.75. The molecule has 0 radical (unpaired) electrons. The molecule has 0 bridgehead atoms. The van der Waals surface area contributed by atoms with Gasteiger partial charge in [0.05, 0.1) is 5.69 Å². The van der Waals surface area contributed by atoms with Crippen LogP contribution in [0.2, 0.25) is 0 Å². The lowest BCUT2D eigenvalue weighted by atomic mass is 9.96. The second kappa shape index (κ2) is 7.47. The van der Waals surface area contributed by atoms with Crippen LogP contribution < -0.4 is 10.6 Å². The van der Waals surface area contributed by atoms with Crippen molar-refractivity contribution in [2.75, 3.05) is 5.32 Å². The number of hydrogen-bond acceptors (Lipinski definition) is 4. The number of fused-ring (bicyclic) bond motifs is 1. The fourth-order valence-corrected chi connectivity index (χ4v) is 3.04. The third-order valence-corrected chi connectivity index (χ3v) is 4.37. The van der Waals surface area contributed by atoms with Crippen LogP contribution in [0.3, 0.4) is 0 Å². The van der Waals surface area contributed by atoms with Gasteiger partial charge in [0, 0.05) is 47.9 Å². The first-order valence-corrected chi connectivity index (χ1v) is 8.75. The third-order valence-electron chi connectivity index (χ3n) is 4.37. The molecule has 3 heterocycles. The van der Waals surface area contributed by atoms with Crippen LogP contribution in [0.1, 0.15) is 45.7 Å². The predicted octanol–water partition coefficient (Wildman–Crippen LogP) is 4.04. The number of amides is 1. The second-order valence-corrected chi connectivity index (χ2v) is 6.49. The lowest BCUT2D eigenvalue weighted by molar-refractivity contribution is -0.114. The number of hydrogen-bond donors (Lipinski definition) is 2. The number of carbonyl (C=O) groups excluding carboxylic acids is 1. The van der Waals surface area contributed by atoms with E-state index in [1.54, 1.807) is 6.20 Å². The largest absolute Gasteiger partial charge is 0.384 e. The molecule has 1 unspecified atom stereocenters. The Morgan fingerprint density at radius 3 is 2.72 bits per heavy atom. The number of nitrogens with one attached hydrogen (secondary N) is 2. The van der Waals surface area contributed by atoms with E-state index in [1.807, 2.05) is 18.3 Å². The highest BCUT2D eigenvalue weighted by molar-refractivity contribution is 5.92. The van der Waals surface area contributed by atoms with Gasteiger partial charge in [-0.15, -0.1) is 0 Å². The van der Waals surface area contributed by atoms with Crippen molar-refractivity contribution in [1.29, 1.82) is 0 Å². The molecule has 1 atom stereocenters. The summed E-state index contributed by atoms with van der Waals surface area (Å²) in [7, 11) is 0. The highest BCUT2D eigenvalue weighted by atomic mass is 16.1. The van der Waals surface area contributed by atoms with Gasteiger partial charge in [-0.05, 0) is 31.1 Å². The Kier molecular flexibility index (Phi) is 5.12. The molecule has 5 heteroatoms. The number of allylic oxidation sites excluding steroid dienone is 2. The fourth-order valence-electron chi connectivity index (χ4n) is 3.04. The van der Waals surface area contributed by atoms with Crippen molar-refractivity contribution in [3.63, 3.8) is 0 Å². The van der Waals surface area contributed by atoms with Crippen LogP contribution in [-0.4, -0.2) is 21.9 Å². The van der Waals surface area contributed by atoms with Gasteiger partial charge in [-0.25, -0.2) is 4.98 Å². The first kappa shape index (κ1) is 17.1. The molecule has 1 aliphatic rings. The minimum Gasteiger partial charge on any atom is -0.384 e. The van der Waals surface area contributed by atoms with Gasteiger partial charge in [-0.2, -0.15) is 0 Å². The molecule has 0 spiro atoms. The van der Waals surface area contributed by atoms with Gasteiger partial charge in [-0.3, -0.25) is 9.78 Å². The molecule has 25 heavy (non-hydrogen) atoms. The summed E-state index contributed by atoms with van der Waals surface area (Å²) in [6.07, 6.45) is 11.5. The summed E-state index contributed by atoms with van der Waals surface area (Å²) < 4.78 is 0. The molecule has 0 saturated heterocycles. The van der Waals surface area contributed by atoms with Gasteiger partial charge in [0.25, 0.3) is 0 Å². The van der Waals surface area contributed by atoms with Crippen LogP contribution in [0, 0.1) is 0 Å². The predicted molar refractivity (Wildman–Crippen MR) is 102 cm³/mol. The van der Waals surface area contributed by atoms with E-state index in [9.17, 15) is 4.79 Å². The Hall–Kier alpha value is -2.69. The Morgan fingerprint density at radius 2 is 2.00 bits per heavy atom. The molecule has 0 fully saturated rings. The zero-order chi connectivity index (χ0) is 17.8. The van der Waals surface area contributed by atoms with E-state index in [4.69, 9.17) is 0 Å². The monoisotopic (exact) mass is 336 g/mol. The quantitative estimate of drug-likeness (QED) is 0.865. The molecule has 130 valence electrons. The lowest BCUT2D eigenvalue weighted by Gasteiger charge is -2.22. The SMILES string of the molecule is CCCCC1C=C(C)C(c2cc3cnc(NC(C)=O)cc3cn2)=CN1. The van der Waals surface area contributed by atoms with Crippen LogP contribution in [0.4, 0.5) is 5.82 Å². The van der Waals surface area contributed by atoms with Gasteiger partial charge in [0.15, 0.2) is 0 Å². The summed E-state index contributed by atoms with van der Waals surface area (Å²) in [4.78, 5) is 20.0. The average Bonchev–Trinajstić information content (AvgIpc) is 2.59. The Labute approximate surface area is 148 Å². The van der Waals surface area contributed by atoms with Gasteiger partial charge in [0.2, 0.25) is 5.91 Å². The molecule has 2 aromatic rings. The van der Waals surface area contributed by atoms with Crippen molar-refractivity contribution in [2.45, 2.75) is 46.1 Å². The number of pyridine rings is 2. The van der Waals surface area contributed by atoms with Crippen molar-refractivity contribution in [1.82, 2.24) is 15.3 Å². The molecule has 2 N–H and O–H groups in total. The van der Waals surface area contributed by atoms with E-state index >= 15 is 0 Å². The van der Waals surface area contributed by atoms with Crippen molar-refractivity contribution < 1.29 is 4.79 Å². The highest BCUT2D eigenvalue weighted by Crippen LogP contribution is 2.27. The zero-order valence-corrected chi connectivity index (χ0v) is 15.0.